The zero-order chi connectivity index (χ0) is 27.1. The van der Waals surface area contributed by atoms with Crippen molar-refractivity contribution in [1.29, 1.82) is 0 Å². The second kappa shape index (κ2) is 12.0. The highest BCUT2D eigenvalue weighted by molar-refractivity contribution is 6.31. The van der Waals surface area contributed by atoms with Crippen LogP contribution in [0.4, 0.5) is 11.4 Å². The minimum atomic E-state index is -2.29. The molecule has 0 aliphatic rings. The van der Waals surface area contributed by atoms with E-state index in [9.17, 15) is 34.4 Å². The van der Waals surface area contributed by atoms with Crippen LogP contribution in [0.15, 0.2) is 72.8 Å². The number of benzene rings is 3. The van der Waals surface area contributed by atoms with Crippen molar-refractivity contribution in [2.24, 2.45) is 0 Å². The van der Waals surface area contributed by atoms with Crippen LogP contribution < -0.4 is 5.32 Å². The van der Waals surface area contributed by atoms with E-state index in [1.165, 1.54) is 66.7 Å². The van der Waals surface area contributed by atoms with Crippen LogP contribution in [0.25, 0.3) is 0 Å². The molecule has 3 aromatic rings. The fraction of sp³-hybridized carbons (Fsp3) is 0.0833. The van der Waals surface area contributed by atoms with Crippen molar-refractivity contribution in [2.45, 2.75) is 12.2 Å². The summed E-state index contributed by atoms with van der Waals surface area (Å²) in [7, 11) is 0. The molecule has 13 heteroatoms. The maximum atomic E-state index is 13.1. The Morgan fingerprint density at radius 2 is 1.30 bits per heavy atom. The quantitative estimate of drug-likeness (QED) is 0.225. The minimum absolute atomic E-state index is 0.0780. The number of nitro groups is 1. The summed E-state index contributed by atoms with van der Waals surface area (Å²) in [5.41, 5.74) is -0.625. The van der Waals surface area contributed by atoms with Crippen LogP contribution in [0.1, 0.15) is 20.7 Å². The van der Waals surface area contributed by atoms with Crippen molar-refractivity contribution >= 4 is 58.4 Å². The lowest BCUT2D eigenvalue weighted by atomic mass is 10.1. The van der Waals surface area contributed by atoms with Crippen LogP contribution in [0.2, 0.25) is 10.0 Å². The minimum Gasteiger partial charge on any atom is -0.478 e. The third-order valence-electron chi connectivity index (χ3n) is 4.73. The smallest absolute Gasteiger partial charge is 0.349 e. The Labute approximate surface area is 218 Å². The van der Waals surface area contributed by atoms with E-state index in [2.05, 4.69) is 5.32 Å². The van der Waals surface area contributed by atoms with Gasteiger partial charge in [0.2, 0.25) is 12.2 Å². The molecule has 0 aromatic heterocycles. The highest BCUT2D eigenvalue weighted by Gasteiger charge is 2.41. The first-order valence-electron chi connectivity index (χ1n) is 10.3. The third-order valence-corrected chi connectivity index (χ3v) is 5.23. The molecule has 3 rings (SSSR count). The van der Waals surface area contributed by atoms with Crippen LogP contribution >= 0.6 is 23.2 Å². The van der Waals surface area contributed by atoms with E-state index in [1.807, 2.05) is 0 Å². The number of nitrogens with zero attached hydrogens (tertiary/aromatic N) is 1. The molecule has 11 nitrogen and oxygen atoms in total. The van der Waals surface area contributed by atoms with E-state index in [0.717, 1.165) is 6.07 Å². The number of carbonyl (C=O) groups excluding carboxylic acids is 3. The van der Waals surface area contributed by atoms with Crippen LogP contribution in [0, 0.1) is 10.1 Å². The van der Waals surface area contributed by atoms with Gasteiger partial charge in [0.1, 0.15) is 0 Å². The molecule has 0 aliphatic carbocycles. The zero-order valence-electron chi connectivity index (χ0n) is 18.5. The summed E-state index contributed by atoms with van der Waals surface area (Å²) in [4.78, 5) is 60.7. The number of nitrogens with one attached hydrogen (secondary N) is 1. The molecule has 0 unspecified atom stereocenters. The number of carboxylic acids is 1. The molecular weight excluding hydrogens is 531 g/mol. The molecule has 0 saturated heterocycles. The number of non-ortho nitro benzene ring substituents is 1. The lowest BCUT2D eigenvalue weighted by Crippen LogP contribution is -2.48. The number of rotatable bonds is 9. The normalized spacial score (nSPS) is 12.1. The van der Waals surface area contributed by atoms with Gasteiger partial charge in [0.05, 0.1) is 16.1 Å². The average molecular weight is 547 g/mol. The van der Waals surface area contributed by atoms with Gasteiger partial charge < -0.3 is 19.9 Å². The number of esters is 2. The molecule has 37 heavy (non-hydrogen) atoms. The van der Waals surface area contributed by atoms with E-state index >= 15 is 0 Å². The van der Waals surface area contributed by atoms with Gasteiger partial charge in [-0.15, -0.1) is 0 Å². The van der Waals surface area contributed by atoms with Gasteiger partial charge in [-0.3, -0.25) is 14.9 Å². The first-order chi connectivity index (χ1) is 17.5. The van der Waals surface area contributed by atoms with E-state index in [0.29, 0.717) is 10.0 Å². The third kappa shape index (κ3) is 7.26. The highest BCUT2D eigenvalue weighted by atomic mass is 35.5. The van der Waals surface area contributed by atoms with Crippen molar-refractivity contribution in [3.63, 3.8) is 0 Å². The molecule has 0 heterocycles. The number of carboxylic acid groups (broad SMARTS) is 1. The van der Waals surface area contributed by atoms with E-state index in [-0.39, 0.29) is 22.5 Å². The molecule has 0 radical (unpaired) electrons. The Balaban J connectivity index is 1.92. The molecule has 0 bridgehead atoms. The maximum Gasteiger partial charge on any atom is 0.349 e. The summed E-state index contributed by atoms with van der Waals surface area (Å²) in [5.74, 6) is -5.28. The van der Waals surface area contributed by atoms with Crippen LogP contribution in [0.5, 0.6) is 0 Å². The van der Waals surface area contributed by atoms with Crippen molar-refractivity contribution in [1.82, 2.24) is 0 Å². The Hall–Kier alpha value is -4.48. The lowest BCUT2D eigenvalue weighted by Gasteiger charge is -2.23. The van der Waals surface area contributed by atoms with Gasteiger partial charge in [-0.25, -0.2) is 14.4 Å². The van der Waals surface area contributed by atoms with E-state index < -0.39 is 40.9 Å². The zero-order valence-corrected chi connectivity index (χ0v) is 20.0. The first-order valence-corrected chi connectivity index (χ1v) is 11.0. The van der Waals surface area contributed by atoms with Gasteiger partial charge in [-0.1, -0.05) is 29.3 Å². The fourth-order valence-corrected chi connectivity index (χ4v) is 3.20. The summed E-state index contributed by atoms with van der Waals surface area (Å²) in [6, 6.07) is 15.3. The second-order valence-electron chi connectivity index (χ2n) is 7.30. The number of halogens is 2. The molecule has 190 valence electrons. The number of aliphatic carboxylic acids is 1. The number of anilines is 1. The summed E-state index contributed by atoms with van der Waals surface area (Å²) in [6.07, 6.45) is -4.49. The van der Waals surface area contributed by atoms with Crippen molar-refractivity contribution < 1.29 is 38.7 Å². The summed E-state index contributed by atoms with van der Waals surface area (Å²) in [5, 5.41) is 23.7. The second-order valence-corrected chi connectivity index (χ2v) is 8.17. The summed E-state index contributed by atoms with van der Waals surface area (Å²) in [6.45, 7) is 0. The Morgan fingerprint density at radius 1 is 0.811 bits per heavy atom. The van der Waals surface area contributed by atoms with Gasteiger partial charge in [-0.05, 0) is 54.6 Å². The highest BCUT2D eigenvalue weighted by Crippen LogP contribution is 2.20. The molecule has 1 amide bonds. The van der Waals surface area contributed by atoms with Crippen LogP contribution in [-0.4, -0.2) is 46.1 Å². The van der Waals surface area contributed by atoms with Crippen LogP contribution in [-0.2, 0) is 19.1 Å². The molecule has 0 fully saturated rings. The Bertz CT molecular complexity index is 1350. The summed E-state index contributed by atoms with van der Waals surface area (Å²) >= 11 is 11.6. The van der Waals surface area contributed by atoms with E-state index in [4.69, 9.17) is 32.7 Å². The van der Waals surface area contributed by atoms with Gasteiger partial charge in [0.25, 0.3) is 11.6 Å². The molecule has 3 aromatic carbocycles. The average Bonchev–Trinajstić information content (AvgIpc) is 2.86. The Morgan fingerprint density at radius 3 is 1.76 bits per heavy atom. The number of carbonyl (C=O) groups is 4. The van der Waals surface area contributed by atoms with Gasteiger partial charge in [0, 0.05) is 27.9 Å². The van der Waals surface area contributed by atoms with Gasteiger partial charge in [0.15, 0.2) is 0 Å². The number of nitro benzene ring substituents is 1. The van der Waals surface area contributed by atoms with Crippen molar-refractivity contribution in [2.75, 3.05) is 5.32 Å². The molecule has 0 saturated carbocycles. The van der Waals surface area contributed by atoms with Crippen molar-refractivity contribution in [3.05, 3.63) is 104 Å². The topological polar surface area (TPSA) is 162 Å². The Kier molecular flexibility index (Phi) is 8.77. The maximum absolute atomic E-state index is 13.1. The van der Waals surface area contributed by atoms with Crippen LogP contribution in [0.3, 0.4) is 0 Å². The number of amides is 1. The molecule has 2 atom stereocenters. The van der Waals surface area contributed by atoms with E-state index in [1.54, 1.807) is 0 Å². The number of hydrogen-bond donors (Lipinski definition) is 2. The standard InChI is InChI=1S/C24H16Cl2N2O9/c25-15-8-4-13(5-9-15)23(32)36-19(21(29)27-17-2-1-3-18(12-17)28(34)35)20(22(30)31)37-24(33)14-6-10-16(26)11-7-14/h1-12,19-20H,(H,27,29)(H,30,31)/t19-,20-/m0/s1. The van der Waals surface area contributed by atoms with Gasteiger partial charge in [-0.2, -0.15) is 0 Å². The lowest BCUT2D eigenvalue weighted by molar-refractivity contribution is -0.384. The van der Waals surface area contributed by atoms with Gasteiger partial charge >= 0.3 is 17.9 Å². The molecular formula is C24H16Cl2N2O9. The number of ether oxygens (including phenoxy) is 2. The predicted octanol–water partition coefficient (Wildman–Crippen LogP) is 4.38. The largest absolute Gasteiger partial charge is 0.478 e. The number of hydrogen-bond acceptors (Lipinski definition) is 8. The summed E-state index contributed by atoms with van der Waals surface area (Å²) < 4.78 is 10.2. The SMILES string of the molecule is O=C(O[C@H](C(=O)O)[C@H](OC(=O)c1ccc(Cl)cc1)C(=O)Nc1cccc([N+](=O)[O-])c1)c1ccc(Cl)cc1. The molecule has 0 aliphatic heterocycles. The monoisotopic (exact) mass is 546 g/mol. The first kappa shape index (κ1) is 27.1. The molecule has 0 spiro atoms. The predicted molar refractivity (Wildman–Crippen MR) is 131 cm³/mol. The molecule has 2 N–H and O–H groups in total. The fourth-order valence-electron chi connectivity index (χ4n) is 2.94. The van der Waals surface area contributed by atoms with Crippen molar-refractivity contribution in [3.8, 4) is 0 Å².